The van der Waals surface area contributed by atoms with Crippen LogP contribution < -0.4 is 9.47 Å². The zero-order valence-corrected chi connectivity index (χ0v) is 16.0. The lowest BCUT2D eigenvalue weighted by Gasteiger charge is -2.10. The van der Waals surface area contributed by atoms with Crippen molar-refractivity contribution >= 4 is 5.71 Å². The Kier molecular flexibility index (Phi) is 6.45. The Balaban J connectivity index is 1.62. The Morgan fingerprint density at radius 3 is 2.50 bits per heavy atom. The van der Waals surface area contributed by atoms with Gasteiger partial charge in [-0.25, -0.2) is 5.10 Å². The minimum absolute atomic E-state index is 0.0115. The average molecular weight is 422 g/mol. The standard InChI is InChI=1S/C18H17F3N6O3/c1-11(25-30-9-12-3-5-13(6-4-12)18(19,20)21)14-7-8-16(22-17(14)28-2)29-10-15-23-26-27-24-15/h3-8H,9-10H2,1-2H3,(H,23,24,26,27)/b25-11+. The van der Waals surface area contributed by atoms with Crippen LogP contribution in [0.3, 0.4) is 0 Å². The molecule has 0 amide bonds. The maximum absolute atomic E-state index is 12.6. The molecule has 3 aromatic rings. The van der Waals surface area contributed by atoms with Crippen LogP contribution in [0.4, 0.5) is 13.2 Å². The molecule has 0 unspecified atom stereocenters. The predicted molar refractivity (Wildman–Crippen MR) is 97.7 cm³/mol. The van der Waals surface area contributed by atoms with Gasteiger partial charge >= 0.3 is 6.18 Å². The molecule has 0 aliphatic heterocycles. The monoisotopic (exact) mass is 422 g/mol. The lowest BCUT2D eigenvalue weighted by Crippen LogP contribution is -2.05. The van der Waals surface area contributed by atoms with E-state index < -0.39 is 11.7 Å². The average Bonchev–Trinajstić information content (AvgIpc) is 3.25. The van der Waals surface area contributed by atoms with E-state index in [4.69, 9.17) is 14.3 Å². The second kappa shape index (κ2) is 9.20. The number of hydrogen-bond acceptors (Lipinski definition) is 8. The number of pyridine rings is 1. The summed E-state index contributed by atoms with van der Waals surface area (Å²) in [6, 6.07) is 7.99. The number of rotatable bonds is 8. The highest BCUT2D eigenvalue weighted by molar-refractivity contribution is 6.00. The van der Waals surface area contributed by atoms with Crippen LogP contribution in [-0.4, -0.2) is 38.4 Å². The van der Waals surface area contributed by atoms with E-state index in [0.717, 1.165) is 12.1 Å². The summed E-state index contributed by atoms with van der Waals surface area (Å²) in [4.78, 5) is 9.49. The van der Waals surface area contributed by atoms with E-state index in [0.29, 0.717) is 28.5 Å². The number of nitrogens with one attached hydrogen (secondary N) is 1. The number of halogens is 3. The normalized spacial score (nSPS) is 12.0. The van der Waals surface area contributed by atoms with E-state index in [1.54, 1.807) is 19.1 Å². The molecule has 0 radical (unpaired) electrons. The third-order valence-corrected chi connectivity index (χ3v) is 3.88. The van der Waals surface area contributed by atoms with Crippen molar-refractivity contribution in [2.75, 3.05) is 7.11 Å². The third-order valence-electron chi connectivity index (χ3n) is 3.88. The second-order valence-electron chi connectivity index (χ2n) is 5.99. The molecule has 1 aromatic carbocycles. The molecule has 9 nitrogen and oxygen atoms in total. The smallest absolute Gasteiger partial charge is 0.416 e. The van der Waals surface area contributed by atoms with Gasteiger partial charge in [-0.15, -0.1) is 5.10 Å². The van der Waals surface area contributed by atoms with Crippen molar-refractivity contribution in [2.45, 2.75) is 26.3 Å². The number of hydrogen-bond donors (Lipinski definition) is 1. The number of ether oxygens (including phenoxy) is 2. The molecule has 0 saturated carbocycles. The van der Waals surface area contributed by atoms with Crippen LogP contribution in [0.1, 0.15) is 29.4 Å². The molecule has 0 bridgehead atoms. The Labute approximate surface area is 168 Å². The number of H-pyrrole nitrogens is 1. The number of methoxy groups -OCH3 is 1. The molecule has 2 heterocycles. The Morgan fingerprint density at radius 2 is 1.87 bits per heavy atom. The first-order valence-corrected chi connectivity index (χ1v) is 8.60. The maximum atomic E-state index is 12.6. The molecule has 30 heavy (non-hydrogen) atoms. The number of tetrazole rings is 1. The molecule has 0 fully saturated rings. The second-order valence-corrected chi connectivity index (χ2v) is 5.99. The molecule has 0 aliphatic rings. The molecular formula is C18H17F3N6O3. The van der Waals surface area contributed by atoms with E-state index in [1.165, 1.54) is 19.2 Å². The maximum Gasteiger partial charge on any atom is 0.416 e. The molecule has 0 spiro atoms. The number of nitrogens with zero attached hydrogens (tertiary/aromatic N) is 5. The summed E-state index contributed by atoms with van der Waals surface area (Å²) in [6.07, 6.45) is -4.38. The molecule has 1 N–H and O–H groups in total. The van der Waals surface area contributed by atoms with E-state index in [-0.39, 0.29) is 19.1 Å². The van der Waals surface area contributed by atoms with Crippen molar-refractivity contribution in [3.8, 4) is 11.8 Å². The van der Waals surface area contributed by atoms with Crippen LogP contribution in [-0.2, 0) is 24.2 Å². The van der Waals surface area contributed by atoms with Gasteiger partial charge in [0.2, 0.25) is 11.8 Å². The summed E-state index contributed by atoms with van der Waals surface area (Å²) in [5.41, 5.74) is 0.870. The van der Waals surface area contributed by atoms with Gasteiger partial charge in [-0.2, -0.15) is 18.2 Å². The van der Waals surface area contributed by atoms with Crippen LogP contribution in [0.5, 0.6) is 11.8 Å². The fourth-order valence-electron chi connectivity index (χ4n) is 2.36. The Bertz CT molecular complexity index is 991. The van der Waals surface area contributed by atoms with Crippen LogP contribution in [0.2, 0.25) is 0 Å². The van der Waals surface area contributed by atoms with Crippen molar-refractivity contribution in [2.24, 2.45) is 5.16 Å². The third kappa shape index (κ3) is 5.43. The van der Waals surface area contributed by atoms with Gasteiger partial charge in [0.25, 0.3) is 0 Å². The predicted octanol–water partition coefficient (Wildman–Crippen LogP) is 3.14. The number of oxime groups is 1. The topological polar surface area (TPSA) is 107 Å². The first-order valence-electron chi connectivity index (χ1n) is 8.60. The zero-order chi connectivity index (χ0) is 21.6. The summed E-state index contributed by atoms with van der Waals surface area (Å²) < 4.78 is 48.5. The molecule has 2 aromatic heterocycles. The SMILES string of the molecule is COc1nc(OCc2nnn[nH]2)ccc1/C(C)=N/OCc1ccc(C(F)(F)F)cc1. The van der Waals surface area contributed by atoms with E-state index in [9.17, 15) is 13.2 Å². The van der Waals surface area contributed by atoms with Crippen LogP contribution in [0, 0.1) is 0 Å². The first kappa shape index (κ1) is 21.0. The fraction of sp³-hybridized carbons (Fsp3) is 0.278. The van der Waals surface area contributed by atoms with Gasteiger partial charge in [0, 0.05) is 6.07 Å². The van der Waals surface area contributed by atoms with Crippen molar-refractivity contribution in [3.05, 3.63) is 58.9 Å². The summed E-state index contributed by atoms with van der Waals surface area (Å²) >= 11 is 0. The zero-order valence-electron chi connectivity index (χ0n) is 16.0. The van der Waals surface area contributed by atoms with Gasteiger partial charge in [0.1, 0.15) is 6.61 Å². The van der Waals surface area contributed by atoms with Crippen molar-refractivity contribution in [1.29, 1.82) is 0 Å². The summed E-state index contributed by atoms with van der Waals surface area (Å²) in [7, 11) is 1.45. The number of benzene rings is 1. The van der Waals surface area contributed by atoms with Crippen LogP contribution in [0.25, 0.3) is 0 Å². The highest BCUT2D eigenvalue weighted by atomic mass is 19.4. The Hall–Kier alpha value is -3.70. The van der Waals surface area contributed by atoms with Crippen molar-refractivity contribution < 1.29 is 27.5 Å². The minimum atomic E-state index is -4.38. The van der Waals surface area contributed by atoms with Crippen molar-refractivity contribution in [3.63, 3.8) is 0 Å². The lowest BCUT2D eigenvalue weighted by molar-refractivity contribution is -0.137. The summed E-state index contributed by atoms with van der Waals surface area (Å²) in [6.45, 7) is 1.80. The number of aromatic nitrogens is 5. The molecule has 158 valence electrons. The largest absolute Gasteiger partial charge is 0.480 e. The Morgan fingerprint density at radius 1 is 1.10 bits per heavy atom. The van der Waals surface area contributed by atoms with Gasteiger partial charge in [0.05, 0.1) is 23.9 Å². The fourth-order valence-corrected chi connectivity index (χ4v) is 2.36. The lowest BCUT2D eigenvalue weighted by atomic mass is 10.1. The van der Waals surface area contributed by atoms with Gasteiger partial charge in [-0.05, 0) is 41.1 Å². The van der Waals surface area contributed by atoms with Gasteiger partial charge in [0.15, 0.2) is 12.4 Å². The highest BCUT2D eigenvalue weighted by Crippen LogP contribution is 2.29. The first-order chi connectivity index (χ1) is 14.4. The molecule has 3 rings (SSSR count). The van der Waals surface area contributed by atoms with E-state index in [1.807, 2.05) is 0 Å². The van der Waals surface area contributed by atoms with E-state index in [2.05, 4.69) is 30.8 Å². The molecule has 0 atom stereocenters. The van der Waals surface area contributed by atoms with Gasteiger partial charge < -0.3 is 14.3 Å². The van der Waals surface area contributed by atoms with Gasteiger partial charge in [-0.1, -0.05) is 17.3 Å². The quantitative estimate of drug-likeness (QED) is 0.439. The molecule has 12 heteroatoms. The van der Waals surface area contributed by atoms with Crippen molar-refractivity contribution in [1.82, 2.24) is 25.6 Å². The van der Waals surface area contributed by atoms with Gasteiger partial charge in [-0.3, -0.25) is 0 Å². The van der Waals surface area contributed by atoms with E-state index >= 15 is 0 Å². The summed E-state index contributed by atoms with van der Waals surface area (Å²) in [5.74, 6) is 1.00. The van der Waals surface area contributed by atoms with Crippen LogP contribution in [0.15, 0.2) is 41.6 Å². The number of aromatic amines is 1. The highest BCUT2D eigenvalue weighted by Gasteiger charge is 2.29. The summed E-state index contributed by atoms with van der Waals surface area (Å²) in [5, 5.41) is 17.1. The molecule has 0 saturated heterocycles. The minimum Gasteiger partial charge on any atom is -0.480 e. The van der Waals surface area contributed by atoms with Crippen LogP contribution >= 0.6 is 0 Å². The number of alkyl halides is 3. The molecular weight excluding hydrogens is 405 g/mol. The molecule has 0 aliphatic carbocycles.